The molecule has 1 atom stereocenters. The number of hydrogen-bond acceptors (Lipinski definition) is 3. The zero-order valence-electron chi connectivity index (χ0n) is 17.7. The van der Waals surface area contributed by atoms with Gasteiger partial charge in [0.25, 0.3) is 0 Å². The van der Waals surface area contributed by atoms with E-state index in [-0.39, 0.29) is 17.9 Å². The minimum atomic E-state index is 0.0691. The van der Waals surface area contributed by atoms with E-state index in [0.29, 0.717) is 12.6 Å². The fraction of sp³-hybridized carbons (Fsp3) is 0.652. The molecule has 2 saturated heterocycles. The van der Waals surface area contributed by atoms with Gasteiger partial charge < -0.3 is 15.5 Å². The monoisotopic (exact) mass is 400 g/mol. The molecule has 2 aliphatic rings. The van der Waals surface area contributed by atoms with Crippen molar-refractivity contribution in [3.8, 4) is 0 Å². The molecule has 0 aliphatic carbocycles. The quantitative estimate of drug-likeness (QED) is 0.740. The second-order valence-corrected chi connectivity index (χ2v) is 8.31. The van der Waals surface area contributed by atoms with Crippen LogP contribution in [-0.4, -0.2) is 67.0 Å². The van der Waals surface area contributed by atoms with Crippen LogP contribution in [0.15, 0.2) is 30.3 Å². The second-order valence-electron chi connectivity index (χ2n) is 8.31. The molecule has 6 heteroatoms. The van der Waals surface area contributed by atoms with Crippen LogP contribution >= 0.6 is 0 Å². The third kappa shape index (κ3) is 6.46. The van der Waals surface area contributed by atoms with E-state index in [1.165, 1.54) is 5.56 Å². The van der Waals surface area contributed by atoms with Crippen LogP contribution in [0, 0.1) is 5.92 Å². The van der Waals surface area contributed by atoms with Crippen molar-refractivity contribution < 1.29 is 9.59 Å². The molecule has 6 nitrogen and oxygen atoms in total. The zero-order valence-corrected chi connectivity index (χ0v) is 17.7. The molecule has 29 heavy (non-hydrogen) atoms. The summed E-state index contributed by atoms with van der Waals surface area (Å²) in [5, 5.41) is 6.11. The standard InChI is InChI=1S/C23H36N4O2/c1-2-13-25-23(29)26-16-11-21(12-17-26)27-15-6-9-20(18-27)22(28)24-14-10-19-7-4-3-5-8-19/h3-5,7-8,20-21H,2,6,9-18H2,1H3,(H,24,28)(H,25,29). The number of nitrogens with zero attached hydrogens (tertiary/aromatic N) is 2. The molecule has 2 fully saturated rings. The summed E-state index contributed by atoms with van der Waals surface area (Å²) in [5.41, 5.74) is 1.26. The van der Waals surface area contributed by atoms with Gasteiger partial charge in [-0.25, -0.2) is 4.79 Å². The summed E-state index contributed by atoms with van der Waals surface area (Å²) >= 11 is 0. The van der Waals surface area contributed by atoms with Crippen LogP contribution in [-0.2, 0) is 11.2 Å². The van der Waals surface area contributed by atoms with Gasteiger partial charge in [0.2, 0.25) is 5.91 Å². The van der Waals surface area contributed by atoms with Crippen LogP contribution in [0.1, 0.15) is 44.6 Å². The highest BCUT2D eigenvalue weighted by Crippen LogP contribution is 2.24. The van der Waals surface area contributed by atoms with Gasteiger partial charge in [-0.05, 0) is 50.6 Å². The van der Waals surface area contributed by atoms with Crippen LogP contribution < -0.4 is 10.6 Å². The van der Waals surface area contributed by atoms with Crippen molar-refractivity contribution in [3.63, 3.8) is 0 Å². The van der Waals surface area contributed by atoms with E-state index in [4.69, 9.17) is 0 Å². The molecule has 0 saturated carbocycles. The average molecular weight is 401 g/mol. The Hall–Kier alpha value is -2.08. The lowest BCUT2D eigenvalue weighted by atomic mass is 9.93. The Bertz CT molecular complexity index is 644. The van der Waals surface area contributed by atoms with Gasteiger partial charge in [-0.1, -0.05) is 37.3 Å². The lowest BCUT2D eigenvalue weighted by molar-refractivity contribution is -0.127. The molecule has 0 aromatic heterocycles. The Kier molecular flexibility index (Phi) is 8.35. The van der Waals surface area contributed by atoms with Gasteiger partial charge in [0.15, 0.2) is 0 Å². The molecular weight excluding hydrogens is 364 g/mol. The van der Waals surface area contributed by atoms with Crippen LogP contribution in [0.2, 0.25) is 0 Å². The third-order valence-corrected chi connectivity index (χ3v) is 6.17. The maximum absolute atomic E-state index is 12.7. The molecular formula is C23H36N4O2. The molecule has 0 spiro atoms. The lowest BCUT2D eigenvalue weighted by Gasteiger charge is -2.42. The average Bonchev–Trinajstić information content (AvgIpc) is 2.78. The minimum absolute atomic E-state index is 0.0691. The maximum atomic E-state index is 12.7. The van der Waals surface area contributed by atoms with Crippen molar-refractivity contribution in [1.82, 2.24) is 20.4 Å². The Morgan fingerprint density at radius 1 is 1.00 bits per heavy atom. The first kappa shape index (κ1) is 21.6. The first-order chi connectivity index (χ1) is 14.2. The third-order valence-electron chi connectivity index (χ3n) is 6.17. The summed E-state index contributed by atoms with van der Waals surface area (Å²) in [5.74, 6) is 0.285. The molecule has 1 unspecified atom stereocenters. The number of hydrogen-bond donors (Lipinski definition) is 2. The molecule has 2 N–H and O–H groups in total. The summed E-state index contributed by atoms with van der Waals surface area (Å²) in [6.07, 6.45) is 5.90. The van der Waals surface area contributed by atoms with E-state index in [1.807, 2.05) is 23.1 Å². The van der Waals surface area contributed by atoms with Gasteiger partial charge in [-0.15, -0.1) is 0 Å². The van der Waals surface area contributed by atoms with Crippen molar-refractivity contribution in [1.29, 1.82) is 0 Å². The highest BCUT2D eigenvalue weighted by atomic mass is 16.2. The first-order valence-corrected chi connectivity index (χ1v) is 11.3. The van der Waals surface area contributed by atoms with Crippen molar-refractivity contribution in [2.75, 3.05) is 39.3 Å². The van der Waals surface area contributed by atoms with Gasteiger partial charge in [0.05, 0.1) is 5.92 Å². The fourth-order valence-corrected chi connectivity index (χ4v) is 4.45. The highest BCUT2D eigenvalue weighted by molar-refractivity contribution is 5.79. The summed E-state index contributed by atoms with van der Waals surface area (Å²) in [6.45, 7) is 7.05. The number of nitrogens with one attached hydrogen (secondary N) is 2. The highest BCUT2D eigenvalue weighted by Gasteiger charge is 2.32. The molecule has 2 heterocycles. The maximum Gasteiger partial charge on any atom is 0.317 e. The van der Waals surface area contributed by atoms with Gasteiger partial charge in [0.1, 0.15) is 0 Å². The topological polar surface area (TPSA) is 64.7 Å². The largest absolute Gasteiger partial charge is 0.355 e. The predicted octanol–water partition coefficient (Wildman–Crippen LogP) is 2.64. The summed E-state index contributed by atoms with van der Waals surface area (Å²) < 4.78 is 0. The number of urea groups is 1. The molecule has 3 rings (SSSR count). The smallest absolute Gasteiger partial charge is 0.317 e. The molecule has 3 amide bonds. The molecule has 160 valence electrons. The Balaban J connectivity index is 1.40. The Morgan fingerprint density at radius 2 is 1.76 bits per heavy atom. The van der Waals surface area contributed by atoms with Crippen LogP contribution in [0.25, 0.3) is 0 Å². The Labute approximate surface area is 175 Å². The van der Waals surface area contributed by atoms with Gasteiger partial charge in [0, 0.05) is 38.8 Å². The minimum Gasteiger partial charge on any atom is -0.355 e. The normalized spacial score (nSPS) is 21.0. The molecule has 2 aliphatic heterocycles. The second kappa shape index (κ2) is 11.2. The van der Waals surface area contributed by atoms with Crippen molar-refractivity contribution in [2.45, 2.75) is 51.5 Å². The number of benzene rings is 1. The van der Waals surface area contributed by atoms with Crippen molar-refractivity contribution >= 4 is 11.9 Å². The zero-order chi connectivity index (χ0) is 20.5. The summed E-state index contributed by atoms with van der Waals surface area (Å²) in [7, 11) is 0. The van der Waals surface area contributed by atoms with Gasteiger partial charge in [-0.2, -0.15) is 0 Å². The van der Waals surface area contributed by atoms with Crippen LogP contribution in [0.5, 0.6) is 0 Å². The van der Waals surface area contributed by atoms with E-state index >= 15 is 0 Å². The molecule has 1 aromatic carbocycles. The van der Waals surface area contributed by atoms with E-state index in [2.05, 4.69) is 34.6 Å². The van der Waals surface area contributed by atoms with Crippen molar-refractivity contribution in [2.24, 2.45) is 5.92 Å². The number of rotatable bonds is 7. The van der Waals surface area contributed by atoms with E-state index in [1.54, 1.807) is 0 Å². The molecule has 0 bridgehead atoms. The van der Waals surface area contributed by atoms with E-state index < -0.39 is 0 Å². The van der Waals surface area contributed by atoms with E-state index in [0.717, 1.165) is 71.2 Å². The SMILES string of the molecule is CCCNC(=O)N1CCC(N2CCCC(C(=O)NCCc3ccccc3)C2)CC1. The number of amides is 3. The van der Waals surface area contributed by atoms with Gasteiger partial charge >= 0.3 is 6.03 Å². The number of carbonyl (C=O) groups is 2. The summed E-state index contributed by atoms with van der Waals surface area (Å²) in [4.78, 5) is 29.2. The molecule has 0 radical (unpaired) electrons. The first-order valence-electron chi connectivity index (χ1n) is 11.3. The van der Waals surface area contributed by atoms with Gasteiger partial charge in [-0.3, -0.25) is 9.69 Å². The predicted molar refractivity (Wildman–Crippen MR) is 116 cm³/mol. The summed E-state index contributed by atoms with van der Waals surface area (Å²) in [6, 6.07) is 10.8. The number of likely N-dealkylation sites (tertiary alicyclic amines) is 2. The van der Waals surface area contributed by atoms with Crippen LogP contribution in [0.3, 0.4) is 0 Å². The van der Waals surface area contributed by atoms with Crippen molar-refractivity contribution in [3.05, 3.63) is 35.9 Å². The van der Waals surface area contributed by atoms with Crippen LogP contribution in [0.4, 0.5) is 4.79 Å². The molecule has 1 aromatic rings. The number of carbonyl (C=O) groups excluding carboxylic acids is 2. The fourth-order valence-electron chi connectivity index (χ4n) is 4.45. The van der Waals surface area contributed by atoms with E-state index in [9.17, 15) is 9.59 Å². The Morgan fingerprint density at radius 3 is 2.48 bits per heavy atom. The number of piperidine rings is 2. The lowest BCUT2D eigenvalue weighted by Crippen LogP contribution is -2.53.